The van der Waals surface area contributed by atoms with Crippen molar-refractivity contribution < 1.29 is 13.2 Å². The minimum absolute atomic E-state index is 0.131. The fourth-order valence-corrected chi connectivity index (χ4v) is 4.20. The number of nitrogens with zero attached hydrogens (tertiary/aromatic N) is 3. The van der Waals surface area contributed by atoms with Crippen molar-refractivity contribution in [3.63, 3.8) is 0 Å². The van der Waals surface area contributed by atoms with Gasteiger partial charge in [0, 0.05) is 38.0 Å². The predicted octanol–water partition coefficient (Wildman–Crippen LogP) is 4.16. The zero-order chi connectivity index (χ0) is 22.6. The lowest BCUT2D eigenvalue weighted by Crippen LogP contribution is -2.22. The molecule has 7 nitrogen and oxygen atoms in total. The summed E-state index contributed by atoms with van der Waals surface area (Å²) < 4.78 is 27.8. The molecule has 9 heteroatoms. The van der Waals surface area contributed by atoms with Crippen molar-refractivity contribution in [3.8, 4) is 0 Å². The van der Waals surface area contributed by atoms with Crippen LogP contribution in [0.5, 0.6) is 0 Å². The van der Waals surface area contributed by atoms with Crippen molar-refractivity contribution in [2.45, 2.75) is 52.0 Å². The van der Waals surface area contributed by atoms with Gasteiger partial charge in [0.15, 0.2) is 0 Å². The smallest absolute Gasteiger partial charge is 0.248 e. The van der Waals surface area contributed by atoms with E-state index in [-0.39, 0.29) is 10.8 Å². The van der Waals surface area contributed by atoms with Crippen LogP contribution in [-0.2, 0) is 21.4 Å². The lowest BCUT2D eigenvalue weighted by atomic mass is 10.1. The van der Waals surface area contributed by atoms with E-state index in [0.29, 0.717) is 16.4 Å². The molecule has 0 unspecified atom stereocenters. The van der Waals surface area contributed by atoms with E-state index in [4.69, 9.17) is 11.6 Å². The van der Waals surface area contributed by atoms with Gasteiger partial charge >= 0.3 is 0 Å². The molecule has 0 saturated heterocycles. The third-order valence-electron chi connectivity index (χ3n) is 4.91. The molecule has 2 aromatic rings. The summed E-state index contributed by atoms with van der Waals surface area (Å²) in [5.41, 5.74) is 3.46. The summed E-state index contributed by atoms with van der Waals surface area (Å²) in [6.07, 6.45) is 5.01. The number of rotatable bonds is 8. The van der Waals surface area contributed by atoms with Gasteiger partial charge in [0.1, 0.15) is 5.15 Å². The van der Waals surface area contributed by atoms with Crippen molar-refractivity contribution in [1.29, 1.82) is 0 Å². The molecule has 1 aromatic carbocycles. The van der Waals surface area contributed by atoms with Crippen LogP contribution in [0.3, 0.4) is 0 Å². The van der Waals surface area contributed by atoms with Crippen LogP contribution in [0.25, 0.3) is 6.08 Å². The number of aryl methyl sites for hydroxylation is 3. The Hall–Kier alpha value is -2.16. The Morgan fingerprint density at radius 1 is 1.27 bits per heavy atom. The highest BCUT2D eigenvalue weighted by Crippen LogP contribution is 2.26. The quantitative estimate of drug-likeness (QED) is 0.609. The summed E-state index contributed by atoms with van der Waals surface area (Å²) in [5.74, 6) is -0.381. The van der Waals surface area contributed by atoms with E-state index in [9.17, 15) is 13.2 Å². The summed E-state index contributed by atoms with van der Waals surface area (Å²) in [6.45, 7) is 8.30. The molecule has 0 aliphatic heterocycles. The summed E-state index contributed by atoms with van der Waals surface area (Å²) in [6, 6.07) is 3.08. The van der Waals surface area contributed by atoms with Crippen molar-refractivity contribution >= 4 is 39.3 Å². The standard InChI is InChI=1S/C21H29ClN4O3S/c1-7-8-11-26-21(22)18(16(4)24-26)9-10-20(27)23-19-13-17(12-14(2)15(19)3)30(28,29)25(5)6/h9-10,12-13H,7-8,11H2,1-6H3,(H,23,27)/b10-9+. The molecular formula is C21H29ClN4O3S. The first-order chi connectivity index (χ1) is 14.0. The predicted molar refractivity (Wildman–Crippen MR) is 121 cm³/mol. The van der Waals surface area contributed by atoms with Gasteiger partial charge in [0.25, 0.3) is 0 Å². The molecule has 0 aliphatic rings. The number of sulfonamides is 1. The highest BCUT2D eigenvalue weighted by atomic mass is 35.5. The second kappa shape index (κ2) is 9.76. The highest BCUT2D eigenvalue weighted by Gasteiger charge is 2.20. The SMILES string of the molecule is CCCCn1nc(C)c(/C=C/C(=O)Nc2cc(S(=O)(=O)N(C)C)cc(C)c2C)c1Cl. The molecular weight excluding hydrogens is 424 g/mol. The molecule has 30 heavy (non-hydrogen) atoms. The summed E-state index contributed by atoms with van der Waals surface area (Å²) in [5, 5.41) is 7.69. The minimum atomic E-state index is -3.61. The molecule has 0 fully saturated rings. The number of nitrogens with one attached hydrogen (secondary N) is 1. The summed E-state index contributed by atoms with van der Waals surface area (Å²) >= 11 is 6.40. The second-order valence-electron chi connectivity index (χ2n) is 7.39. The number of carbonyl (C=O) groups is 1. The fourth-order valence-electron chi connectivity index (χ4n) is 2.86. The van der Waals surface area contributed by atoms with Crippen LogP contribution in [0.2, 0.25) is 5.15 Å². The number of halogens is 1. The Morgan fingerprint density at radius 3 is 2.53 bits per heavy atom. The zero-order valence-corrected chi connectivity index (χ0v) is 19.9. The monoisotopic (exact) mass is 452 g/mol. The van der Waals surface area contributed by atoms with Crippen molar-refractivity contribution in [1.82, 2.24) is 14.1 Å². The average Bonchev–Trinajstić information content (AvgIpc) is 2.94. The number of amides is 1. The maximum Gasteiger partial charge on any atom is 0.248 e. The lowest BCUT2D eigenvalue weighted by Gasteiger charge is -2.16. The topological polar surface area (TPSA) is 84.3 Å². The first-order valence-electron chi connectivity index (χ1n) is 9.74. The molecule has 1 amide bonds. The van der Waals surface area contributed by atoms with Crippen LogP contribution in [0.4, 0.5) is 5.69 Å². The Balaban J connectivity index is 2.27. The number of hydrogen-bond donors (Lipinski definition) is 1. The first kappa shape index (κ1) is 24.1. The molecule has 1 heterocycles. The van der Waals surface area contributed by atoms with Crippen LogP contribution in [0, 0.1) is 20.8 Å². The van der Waals surface area contributed by atoms with Gasteiger partial charge in [-0.15, -0.1) is 0 Å². The van der Waals surface area contributed by atoms with Crippen molar-refractivity contribution in [2.75, 3.05) is 19.4 Å². The van der Waals surface area contributed by atoms with E-state index < -0.39 is 10.0 Å². The molecule has 164 valence electrons. The normalized spacial score (nSPS) is 12.1. The molecule has 0 atom stereocenters. The minimum Gasteiger partial charge on any atom is -0.322 e. The highest BCUT2D eigenvalue weighted by molar-refractivity contribution is 7.89. The lowest BCUT2D eigenvalue weighted by molar-refractivity contribution is -0.111. The molecule has 0 spiro atoms. The van der Waals surface area contributed by atoms with Crippen LogP contribution in [-0.4, -0.2) is 42.5 Å². The maximum absolute atomic E-state index is 12.5. The van der Waals surface area contributed by atoms with Gasteiger partial charge in [0.05, 0.1) is 10.6 Å². The Kier molecular flexibility index (Phi) is 7.85. The number of benzene rings is 1. The Bertz CT molecular complexity index is 1070. The average molecular weight is 453 g/mol. The second-order valence-corrected chi connectivity index (χ2v) is 9.90. The van der Waals surface area contributed by atoms with E-state index >= 15 is 0 Å². The third kappa shape index (κ3) is 5.30. The number of aromatic nitrogens is 2. The van der Waals surface area contributed by atoms with Crippen molar-refractivity contribution in [2.24, 2.45) is 0 Å². The first-order valence-corrected chi connectivity index (χ1v) is 11.6. The van der Waals surface area contributed by atoms with E-state index in [1.807, 2.05) is 20.8 Å². The number of anilines is 1. The van der Waals surface area contributed by atoms with Gasteiger partial charge in [-0.05, 0) is 56.5 Å². The van der Waals surface area contributed by atoms with E-state index in [0.717, 1.165) is 40.5 Å². The molecule has 1 N–H and O–H groups in total. The van der Waals surface area contributed by atoms with Crippen molar-refractivity contribution in [3.05, 3.63) is 45.7 Å². The van der Waals surface area contributed by atoms with Gasteiger partial charge in [-0.3, -0.25) is 9.48 Å². The maximum atomic E-state index is 12.5. The molecule has 2 rings (SSSR count). The van der Waals surface area contributed by atoms with Gasteiger partial charge in [0.2, 0.25) is 15.9 Å². The van der Waals surface area contributed by atoms with Gasteiger partial charge in [-0.2, -0.15) is 5.10 Å². The van der Waals surface area contributed by atoms with Crippen LogP contribution in [0.1, 0.15) is 42.1 Å². The largest absolute Gasteiger partial charge is 0.322 e. The van der Waals surface area contributed by atoms with Gasteiger partial charge in [-0.25, -0.2) is 12.7 Å². The molecule has 0 aliphatic carbocycles. The Morgan fingerprint density at radius 2 is 1.93 bits per heavy atom. The molecule has 0 saturated carbocycles. The van der Waals surface area contributed by atoms with E-state index in [1.54, 1.807) is 16.8 Å². The summed E-state index contributed by atoms with van der Waals surface area (Å²) in [4.78, 5) is 12.6. The Labute approximate surface area is 183 Å². The number of hydrogen-bond acceptors (Lipinski definition) is 4. The molecule has 0 bridgehead atoms. The van der Waals surface area contributed by atoms with E-state index in [2.05, 4.69) is 17.3 Å². The van der Waals surface area contributed by atoms with Crippen LogP contribution >= 0.6 is 11.6 Å². The molecule has 1 aromatic heterocycles. The number of unbranched alkanes of at least 4 members (excludes halogenated alkanes) is 1. The summed E-state index contributed by atoms with van der Waals surface area (Å²) in [7, 11) is -0.669. The fraction of sp³-hybridized carbons (Fsp3) is 0.429. The van der Waals surface area contributed by atoms with Gasteiger partial charge in [-0.1, -0.05) is 24.9 Å². The number of carbonyl (C=O) groups excluding carboxylic acids is 1. The zero-order valence-electron chi connectivity index (χ0n) is 18.3. The third-order valence-corrected chi connectivity index (χ3v) is 7.10. The van der Waals surface area contributed by atoms with Crippen LogP contribution in [0.15, 0.2) is 23.1 Å². The van der Waals surface area contributed by atoms with Gasteiger partial charge < -0.3 is 5.32 Å². The molecule has 0 radical (unpaired) electrons. The van der Waals surface area contributed by atoms with Crippen LogP contribution < -0.4 is 5.32 Å². The van der Waals surface area contributed by atoms with E-state index in [1.165, 1.54) is 26.2 Å².